The molecule has 138 valence electrons. The lowest BCUT2D eigenvalue weighted by molar-refractivity contribution is 0.171. The van der Waals surface area contributed by atoms with Gasteiger partial charge in [-0.15, -0.1) is 0 Å². The minimum absolute atomic E-state index is 0.114. The predicted octanol–water partition coefficient (Wildman–Crippen LogP) is 4.26. The number of hydrogen-bond acceptors (Lipinski definition) is 3. The van der Waals surface area contributed by atoms with E-state index in [1.54, 1.807) is 11.9 Å². The molecular weight excluding hydrogens is 420 g/mol. The van der Waals surface area contributed by atoms with Gasteiger partial charge in [-0.25, -0.2) is 4.79 Å². The first kappa shape index (κ1) is 18.9. The van der Waals surface area contributed by atoms with Crippen molar-refractivity contribution in [2.45, 2.75) is 13.0 Å². The Morgan fingerprint density at radius 3 is 2.69 bits per heavy atom. The first-order chi connectivity index (χ1) is 12.5. The molecule has 2 aromatic carbocycles. The second kappa shape index (κ2) is 8.64. The van der Waals surface area contributed by atoms with E-state index in [0.717, 1.165) is 15.6 Å². The van der Waals surface area contributed by atoms with Crippen LogP contribution in [-0.2, 0) is 13.0 Å². The number of carbonyl (C=O) groups excluding carboxylic acids is 1. The maximum Gasteiger partial charge on any atom is 0.317 e. The monoisotopic (exact) mass is 438 g/mol. The Morgan fingerprint density at radius 2 is 1.92 bits per heavy atom. The van der Waals surface area contributed by atoms with Crippen molar-refractivity contribution < 1.29 is 14.3 Å². The van der Waals surface area contributed by atoms with Crippen molar-refractivity contribution in [1.29, 1.82) is 0 Å². The van der Waals surface area contributed by atoms with Gasteiger partial charge in [-0.3, -0.25) is 0 Å². The number of benzene rings is 2. The van der Waals surface area contributed by atoms with Crippen LogP contribution in [0.1, 0.15) is 11.1 Å². The lowest BCUT2D eigenvalue weighted by Crippen LogP contribution is -2.37. The highest BCUT2D eigenvalue weighted by Gasteiger charge is 2.16. The van der Waals surface area contributed by atoms with Gasteiger partial charge in [-0.05, 0) is 41.8 Å². The summed E-state index contributed by atoms with van der Waals surface area (Å²) in [4.78, 5) is 13.9. The number of ether oxygens (including phenoxy) is 2. The van der Waals surface area contributed by atoms with Gasteiger partial charge in [-0.1, -0.05) is 39.7 Å². The van der Waals surface area contributed by atoms with Crippen molar-refractivity contribution >= 4 is 33.6 Å². The number of fused-ring (bicyclic) bond motifs is 1. The van der Waals surface area contributed by atoms with E-state index in [-0.39, 0.29) is 6.03 Å². The molecule has 0 aromatic heterocycles. The van der Waals surface area contributed by atoms with E-state index in [9.17, 15) is 4.79 Å². The molecule has 0 aliphatic carbocycles. The van der Waals surface area contributed by atoms with Crippen LogP contribution in [-0.4, -0.2) is 37.7 Å². The fourth-order valence-electron chi connectivity index (χ4n) is 2.69. The summed E-state index contributed by atoms with van der Waals surface area (Å²) < 4.78 is 12.1. The minimum atomic E-state index is -0.114. The van der Waals surface area contributed by atoms with Crippen LogP contribution < -0.4 is 14.8 Å². The summed E-state index contributed by atoms with van der Waals surface area (Å²) in [6.45, 7) is 2.09. The molecule has 0 fully saturated rings. The van der Waals surface area contributed by atoms with Gasteiger partial charge in [0.2, 0.25) is 0 Å². The van der Waals surface area contributed by atoms with Gasteiger partial charge in [0.1, 0.15) is 13.2 Å². The molecule has 1 N–H and O–H groups in total. The zero-order valence-electron chi connectivity index (χ0n) is 14.4. The zero-order valence-corrected chi connectivity index (χ0v) is 16.8. The second-order valence-corrected chi connectivity index (χ2v) is 7.39. The topological polar surface area (TPSA) is 50.8 Å². The number of halogens is 2. The van der Waals surface area contributed by atoms with Gasteiger partial charge < -0.3 is 19.7 Å². The van der Waals surface area contributed by atoms with Gasteiger partial charge in [0.15, 0.2) is 11.5 Å². The van der Waals surface area contributed by atoms with Crippen molar-refractivity contribution in [1.82, 2.24) is 10.2 Å². The smallest absolute Gasteiger partial charge is 0.317 e. The molecule has 2 aromatic rings. The molecule has 0 spiro atoms. The third-order valence-electron chi connectivity index (χ3n) is 4.03. The fourth-order valence-corrected chi connectivity index (χ4v) is 3.24. The standard InChI is InChI=1S/C19H20BrClN2O3/c1-23(12-13-2-4-15(20)5-3-13)19(24)22-7-6-14-10-16(21)18-17(11-14)25-8-9-26-18/h2-5,10-11H,6-9,12H2,1H3,(H,22,24). The molecule has 0 radical (unpaired) electrons. The van der Waals surface area contributed by atoms with Crippen LogP contribution in [0.25, 0.3) is 0 Å². The summed E-state index contributed by atoms with van der Waals surface area (Å²) >= 11 is 9.64. The van der Waals surface area contributed by atoms with Crippen molar-refractivity contribution in [3.63, 3.8) is 0 Å². The molecule has 5 nitrogen and oxygen atoms in total. The Labute approximate surface area is 166 Å². The summed E-state index contributed by atoms with van der Waals surface area (Å²) in [6.07, 6.45) is 0.661. The van der Waals surface area contributed by atoms with Gasteiger partial charge in [0, 0.05) is 24.6 Å². The average Bonchev–Trinajstić information content (AvgIpc) is 2.63. The number of carbonyl (C=O) groups is 1. The molecule has 7 heteroatoms. The van der Waals surface area contributed by atoms with Gasteiger partial charge in [0.05, 0.1) is 5.02 Å². The Morgan fingerprint density at radius 1 is 1.19 bits per heavy atom. The molecule has 1 heterocycles. The van der Waals surface area contributed by atoms with E-state index < -0.39 is 0 Å². The molecule has 0 atom stereocenters. The van der Waals surface area contributed by atoms with Crippen molar-refractivity contribution in [2.24, 2.45) is 0 Å². The number of rotatable bonds is 5. The Bertz CT molecular complexity index is 783. The fraction of sp³-hybridized carbons (Fsp3) is 0.316. The van der Waals surface area contributed by atoms with Crippen LogP contribution >= 0.6 is 27.5 Å². The third kappa shape index (κ3) is 4.83. The SMILES string of the molecule is CN(Cc1ccc(Br)cc1)C(=O)NCCc1cc(Cl)c2c(c1)OCCO2. The number of nitrogens with zero attached hydrogens (tertiary/aromatic N) is 1. The maximum atomic E-state index is 12.2. The van der Waals surface area contributed by atoms with Crippen molar-refractivity contribution in [2.75, 3.05) is 26.8 Å². The van der Waals surface area contributed by atoms with Crippen molar-refractivity contribution in [3.8, 4) is 11.5 Å². The predicted molar refractivity (Wildman–Crippen MR) is 105 cm³/mol. The summed E-state index contributed by atoms with van der Waals surface area (Å²) in [5.74, 6) is 1.26. The maximum absolute atomic E-state index is 12.2. The van der Waals surface area contributed by atoms with Gasteiger partial charge >= 0.3 is 6.03 Å². The van der Waals surface area contributed by atoms with Gasteiger partial charge in [-0.2, -0.15) is 0 Å². The van der Waals surface area contributed by atoms with Gasteiger partial charge in [0.25, 0.3) is 0 Å². The molecule has 1 aliphatic rings. The quantitative estimate of drug-likeness (QED) is 0.757. The first-order valence-electron chi connectivity index (χ1n) is 8.34. The molecule has 3 rings (SSSR count). The molecule has 2 amide bonds. The lowest BCUT2D eigenvalue weighted by Gasteiger charge is -2.21. The van der Waals surface area contributed by atoms with E-state index in [4.69, 9.17) is 21.1 Å². The highest BCUT2D eigenvalue weighted by atomic mass is 79.9. The minimum Gasteiger partial charge on any atom is -0.486 e. The molecule has 0 saturated carbocycles. The average molecular weight is 440 g/mol. The number of amides is 2. The largest absolute Gasteiger partial charge is 0.486 e. The number of urea groups is 1. The van der Waals surface area contributed by atoms with Crippen LogP contribution in [0.3, 0.4) is 0 Å². The van der Waals surface area contributed by atoms with E-state index >= 15 is 0 Å². The van der Waals surface area contributed by atoms with Crippen LogP contribution in [0.2, 0.25) is 5.02 Å². The van der Waals surface area contributed by atoms with E-state index in [2.05, 4.69) is 21.2 Å². The molecule has 0 unspecified atom stereocenters. The summed E-state index contributed by atoms with van der Waals surface area (Å²) in [7, 11) is 1.78. The molecular formula is C19H20BrClN2O3. The molecule has 0 saturated heterocycles. The second-order valence-electron chi connectivity index (χ2n) is 6.07. The first-order valence-corrected chi connectivity index (χ1v) is 9.51. The van der Waals surface area contributed by atoms with Crippen LogP contribution in [0.15, 0.2) is 40.9 Å². The van der Waals surface area contributed by atoms with Crippen molar-refractivity contribution in [3.05, 3.63) is 57.0 Å². The lowest BCUT2D eigenvalue weighted by atomic mass is 10.1. The van der Waals surface area contributed by atoms with Crippen LogP contribution in [0.5, 0.6) is 11.5 Å². The Kier molecular flexibility index (Phi) is 6.27. The Hall–Kier alpha value is -1.92. The normalized spacial score (nSPS) is 12.6. The summed E-state index contributed by atoms with van der Waals surface area (Å²) in [5, 5.41) is 3.46. The van der Waals surface area contributed by atoms with Crippen LogP contribution in [0, 0.1) is 0 Å². The highest BCUT2D eigenvalue weighted by molar-refractivity contribution is 9.10. The zero-order chi connectivity index (χ0) is 18.5. The van der Waals surface area contributed by atoms with E-state index in [0.29, 0.717) is 49.2 Å². The number of nitrogens with one attached hydrogen (secondary N) is 1. The summed E-state index contributed by atoms with van der Waals surface area (Å²) in [6, 6.07) is 11.6. The van der Waals surface area contributed by atoms with E-state index in [1.807, 2.05) is 36.4 Å². The summed E-state index contributed by atoms with van der Waals surface area (Å²) in [5.41, 5.74) is 2.07. The highest BCUT2D eigenvalue weighted by Crippen LogP contribution is 2.38. The third-order valence-corrected chi connectivity index (χ3v) is 4.84. The molecule has 0 bridgehead atoms. The molecule has 26 heavy (non-hydrogen) atoms. The number of hydrogen-bond donors (Lipinski definition) is 1. The Balaban J connectivity index is 1.50. The van der Waals surface area contributed by atoms with Crippen LogP contribution in [0.4, 0.5) is 4.79 Å². The van der Waals surface area contributed by atoms with E-state index in [1.165, 1.54) is 0 Å². The molecule has 1 aliphatic heterocycles.